The number of carbonyl (C=O) groups is 2. The van der Waals surface area contributed by atoms with Crippen molar-refractivity contribution in [3.63, 3.8) is 0 Å². The molecule has 28 heavy (non-hydrogen) atoms. The van der Waals surface area contributed by atoms with Crippen molar-refractivity contribution in [3.8, 4) is 17.0 Å². The summed E-state index contributed by atoms with van der Waals surface area (Å²) in [7, 11) is 1.57. The molecule has 1 N–H and O–H groups in total. The molecule has 0 aliphatic carbocycles. The van der Waals surface area contributed by atoms with Gasteiger partial charge in [0.1, 0.15) is 12.3 Å². The summed E-state index contributed by atoms with van der Waals surface area (Å²) >= 11 is 0. The first-order chi connectivity index (χ1) is 13.5. The fourth-order valence-corrected chi connectivity index (χ4v) is 2.67. The molecule has 0 radical (unpaired) electrons. The molecule has 0 bridgehead atoms. The van der Waals surface area contributed by atoms with Crippen LogP contribution in [-0.4, -0.2) is 28.6 Å². The Hall–Kier alpha value is -3.74. The van der Waals surface area contributed by atoms with E-state index in [2.05, 4.69) is 10.4 Å². The fourth-order valence-electron chi connectivity index (χ4n) is 2.67. The first-order valence-electron chi connectivity index (χ1n) is 8.60. The van der Waals surface area contributed by atoms with Gasteiger partial charge in [0.25, 0.3) is 5.56 Å². The van der Waals surface area contributed by atoms with Gasteiger partial charge in [0.05, 0.1) is 12.8 Å². The van der Waals surface area contributed by atoms with Crippen LogP contribution in [0.1, 0.15) is 17.3 Å². The highest BCUT2D eigenvalue weighted by atomic mass is 16.5. The van der Waals surface area contributed by atoms with Crippen LogP contribution in [-0.2, 0) is 11.3 Å². The van der Waals surface area contributed by atoms with E-state index in [1.54, 1.807) is 43.5 Å². The van der Waals surface area contributed by atoms with Crippen molar-refractivity contribution in [2.75, 3.05) is 12.4 Å². The molecule has 0 spiro atoms. The molecule has 0 atom stereocenters. The lowest BCUT2D eigenvalue weighted by Gasteiger charge is -2.08. The molecule has 0 saturated carbocycles. The molecule has 0 saturated heterocycles. The summed E-state index contributed by atoms with van der Waals surface area (Å²) in [5.74, 6) is 0.225. The molecule has 7 nitrogen and oxygen atoms in total. The zero-order valence-corrected chi connectivity index (χ0v) is 15.5. The van der Waals surface area contributed by atoms with Crippen LogP contribution in [0.5, 0.6) is 5.75 Å². The Kier molecular flexibility index (Phi) is 5.64. The number of amides is 1. The number of Topliss-reactive ketones (excluding diaryl/α,β-unsaturated/α-hetero) is 1. The molecule has 3 rings (SSSR count). The van der Waals surface area contributed by atoms with Crippen molar-refractivity contribution in [1.82, 2.24) is 9.78 Å². The molecule has 3 aromatic rings. The summed E-state index contributed by atoms with van der Waals surface area (Å²) in [4.78, 5) is 35.8. The molecule has 0 fully saturated rings. The maximum Gasteiger partial charge on any atom is 0.267 e. The van der Waals surface area contributed by atoms with Gasteiger partial charge in [-0.15, -0.1) is 0 Å². The second-order valence-electron chi connectivity index (χ2n) is 6.13. The minimum Gasteiger partial charge on any atom is -0.497 e. The highest BCUT2D eigenvalue weighted by molar-refractivity contribution is 5.96. The third-order valence-electron chi connectivity index (χ3n) is 4.05. The van der Waals surface area contributed by atoms with E-state index in [0.29, 0.717) is 22.7 Å². The lowest BCUT2D eigenvalue weighted by atomic mass is 10.1. The van der Waals surface area contributed by atoms with Crippen molar-refractivity contribution in [1.29, 1.82) is 0 Å². The lowest BCUT2D eigenvalue weighted by molar-refractivity contribution is -0.114. The molecule has 7 heteroatoms. The Balaban J connectivity index is 1.82. The topological polar surface area (TPSA) is 90.3 Å². The van der Waals surface area contributed by atoms with Crippen LogP contribution in [0.2, 0.25) is 0 Å². The largest absolute Gasteiger partial charge is 0.497 e. The minimum absolute atomic E-state index is 0.184. The van der Waals surface area contributed by atoms with Gasteiger partial charge in [-0.3, -0.25) is 14.4 Å². The molecule has 0 aliphatic rings. The monoisotopic (exact) mass is 377 g/mol. The number of aromatic nitrogens is 2. The number of hydrogen-bond acceptors (Lipinski definition) is 5. The second kappa shape index (κ2) is 8.30. The average molecular weight is 377 g/mol. The number of rotatable bonds is 6. The van der Waals surface area contributed by atoms with Gasteiger partial charge in [-0.1, -0.05) is 12.1 Å². The first-order valence-corrected chi connectivity index (χ1v) is 8.60. The predicted octanol–water partition coefficient (Wildman–Crippen LogP) is 2.76. The maximum atomic E-state index is 12.5. The van der Waals surface area contributed by atoms with E-state index in [0.717, 1.165) is 10.2 Å². The van der Waals surface area contributed by atoms with Crippen molar-refractivity contribution in [2.24, 2.45) is 0 Å². The first kappa shape index (κ1) is 19.0. The van der Waals surface area contributed by atoms with Gasteiger partial charge in [-0.25, -0.2) is 4.68 Å². The third-order valence-corrected chi connectivity index (χ3v) is 4.05. The van der Waals surface area contributed by atoms with Gasteiger partial charge in [0.2, 0.25) is 5.91 Å². The zero-order valence-electron chi connectivity index (χ0n) is 15.5. The van der Waals surface area contributed by atoms with Crippen molar-refractivity contribution in [2.45, 2.75) is 13.5 Å². The van der Waals surface area contributed by atoms with E-state index >= 15 is 0 Å². The molecular weight excluding hydrogens is 358 g/mol. The van der Waals surface area contributed by atoms with Gasteiger partial charge in [-0.05, 0) is 42.5 Å². The number of nitrogens with zero attached hydrogens (tertiary/aromatic N) is 2. The molecule has 1 heterocycles. The summed E-state index contributed by atoms with van der Waals surface area (Å²) in [6.07, 6.45) is 0. The van der Waals surface area contributed by atoms with E-state index in [4.69, 9.17) is 4.74 Å². The van der Waals surface area contributed by atoms with Gasteiger partial charge in [0, 0.05) is 29.8 Å². The molecule has 1 amide bonds. The van der Waals surface area contributed by atoms with E-state index in [9.17, 15) is 14.4 Å². The lowest BCUT2D eigenvalue weighted by Crippen LogP contribution is -2.26. The minimum atomic E-state index is -0.366. The average Bonchev–Trinajstić information content (AvgIpc) is 2.69. The van der Waals surface area contributed by atoms with Crippen molar-refractivity contribution in [3.05, 3.63) is 76.6 Å². The summed E-state index contributed by atoms with van der Waals surface area (Å²) in [6.45, 7) is 1.22. The van der Waals surface area contributed by atoms with Crippen LogP contribution in [0.15, 0.2) is 65.5 Å². The maximum absolute atomic E-state index is 12.5. The number of ether oxygens (including phenoxy) is 1. The van der Waals surface area contributed by atoms with E-state index < -0.39 is 0 Å². The summed E-state index contributed by atoms with van der Waals surface area (Å²) in [5.41, 5.74) is 2.00. The number of ketones is 1. The Bertz CT molecular complexity index is 1070. The van der Waals surface area contributed by atoms with Gasteiger partial charge < -0.3 is 10.1 Å². The Labute approximate surface area is 161 Å². The summed E-state index contributed by atoms with van der Waals surface area (Å²) < 4.78 is 6.35. The summed E-state index contributed by atoms with van der Waals surface area (Å²) in [5, 5.41) is 6.95. The third kappa shape index (κ3) is 4.50. The smallest absolute Gasteiger partial charge is 0.267 e. The number of benzene rings is 2. The van der Waals surface area contributed by atoms with E-state index in [-0.39, 0.29) is 23.8 Å². The Morgan fingerprint density at radius 3 is 2.50 bits per heavy atom. The number of hydrogen-bond donors (Lipinski definition) is 1. The number of carbonyl (C=O) groups excluding carboxylic acids is 2. The van der Waals surface area contributed by atoms with Crippen molar-refractivity contribution < 1.29 is 14.3 Å². The highest BCUT2D eigenvalue weighted by Crippen LogP contribution is 2.21. The van der Waals surface area contributed by atoms with Gasteiger partial charge in [0.15, 0.2) is 5.78 Å². The summed E-state index contributed by atoms with van der Waals surface area (Å²) in [6, 6.07) is 16.8. The predicted molar refractivity (Wildman–Crippen MR) is 106 cm³/mol. The van der Waals surface area contributed by atoms with Gasteiger partial charge in [-0.2, -0.15) is 5.10 Å². The van der Waals surface area contributed by atoms with Crippen LogP contribution in [0.4, 0.5) is 5.69 Å². The van der Waals surface area contributed by atoms with Crippen LogP contribution in [0.25, 0.3) is 11.3 Å². The van der Waals surface area contributed by atoms with E-state index in [1.807, 2.05) is 18.2 Å². The quantitative estimate of drug-likeness (QED) is 0.667. The van der Waals surface area contributed by atoms with Crippen LogP contribution in [0.3, 0.4) is 0 Å². The molecule has 0 unspecified atom stereocenters. The van der Waals surface area contributed by atoms with Crippen LogP contribution < -0.4 is 15.6 Å². The Morgan fingerprint density at radius 1 is 1.07 bits per heavy atom. The Morgan fingerprint density at radius 2 is 1.82 bits per heavy atom. The molecule has 142 valence electrons. The van der Waals surface area contributed by atoms with Crippen LogP contribution in [0, 0.1) is 0 Å². The fraction of sp³-hybridized carbons (Fsp3) is 0.143. The van der Waals surface area contributed by atoms with Gasteiger partial charge >= 0.3 is 0 Å². The normalized spacial score (nSPS) is 10.4. The number of anilines is 1. The van der Waals surface area contributed by atoms with Crippen LogP contribution >= 0.6 is 0 Å². The SMILES string of the molecule is COc1cccc(-c2ccc(=O)n(CC(=O)c3ccc(NC(C)=O)cc3)n2)c1. The molecule has 1 aromatic heterocycles. The number of nitrogens with one attached hydrogen (secondary N) is 1. The van der Waals surface area contributed by atoms with E-state index in [1.165, 1.54) is 13.0 Å². The second-order valence-corrected chi connectivity index (χ2v) is 6.13. The molecule has 0 aliphatic heterocycles. The zero-order chi connectivity index (χ0) is 20.1. The standard InChI is InChI=1S/C21H19N3O4/c1-14(25)22-17-8-6-15(7-9-17)20(26)13-24-21(27)11-10-19(23-24)16-4-3-5-18(12-16)28-2/h3-12H,13H2,1-2H3,(H,22,25). The molecular formula is C21H19N3O4. The number of methoxy groups -OCH3 is 1. The van der Waals surface area contributed by atoms with Crippen molar-refractivity contribution >= 4 is 17.4 Å². The highest BCUT2D eigenvalue weighted by Gasteiger charge is 2.11. The molecule has 2 aromatic carbocycles.